The van der Waals surface area contributed by atoms with E-state index in [1.165, 1.54) is 67.2 Å². The van der Waals surface area contributed by atoms with Crippen LogP contribution in [0.4, 0.5) is 0 Å². The topological polar surface area (TPSA) is 0 Å². The summed E-state index contributed by atoms with van der Waals surface area (Å²) >= 11 is 0. The zero-order valence-electron chi connectivity index (χ0n) is 31.9. The summed E-state index contributed by atoms with van der Waals surface area (Å²) < 4.78 is 0. The Labute approximate surface area is 296 Å². The first kappa shape index (κ1) is 35.4. The van der Waals surface area contributed by atoms with Crippen LogP contribution in [0.2, 0.25) is 17.1 Å². The number of allylic oxidation sites excluding steroid dienone is 8. The van der Waals surface area contributed by atoms with E-state index in [0.29, 0.717) is 23.7 Å². The van der Waals surface area contributed by atoms with E-state index in [1.807, 2.05) is 0 Å². The smallest absolute Gasteiger partial charge is 0.0448 e. The Balaban J connectivity index is 1.28. The molecule has 0 nitrogen and oxygen atoms in total. The zero-order valence-corrected chi connectivity index (χ0v) is 33.1. The number of fused-ring (bicyclic) bond motifs is 2. The van der Waals surface area contributed by atoms with Crippen molar-refractivity contribution in [3.8, 4) is 0 Å². The maximum atomic E-state index is 2.68. The fraction of sp³-hybridized carbons (Fsp3) is 0.574. The number of benzene rings is 2. The highest BCUT2D eigenvalue weighted by molar-refractivity contribution is 6.62. The van der Waals surface area contributed by atoms with Crippen molar-refractivity contribution in [2.75, 3.05) is 0 Å². The van der Waals surface area contributed by atoms with Crippen molar-refractivity contribution in [3.63, 3.8) is 0 Å². The van der Waals surface area contributed by atoms with Gasteiger partial charge in [-0.15, -0.1) is 0 Å². The van der Waals surface area contributed by atoms with Gasteiger partial charge in [-0.25, -0.2) is 0 Å². The number of rotatable bonds is 10. The zero-order chi connectivity index (χ0) is 34.2. The van der Waals surface area contributed by atoms with Gasteiger partial charge in [-0.1, -0.05) is 185 Å². The lowest BCUT2D eigenvalue weighted by atomic mass is 9.80. The molecule has 2 aromatic rings. The Kier molecular flexibility index (Phi) is 10.7. The van der Waals surface area contributed by atoms with Gasteiger partial charge >= 0.3 is 0 Å². The van der Waals surface area contributed by atoms with Gasteiger partial charge < -0.3 is 0 Å². The monoisotopic (exact) mass is 658 g/mol. The molecule has 0 aliphatic heterocycles. The van der Waals surface area contributed by atoms with Crippen LogP contribution in [0.3, 0.4) is 0 Å². The summed E-state index contributed by atoms with van der Waals surface area (Å²) in [5, 5.41) is 0. The van der Waals surface area contributed by atoms with Crippen molar-refractivity contribution in [2.45, 2.75) is 135 Å². The molecule has 0 heterocycles. The fourth-order valence-corrected chi connectivity index (χ4v) is 16.7. The van der Waals surface area contributed by atoms with E-state index in [-0.39, 0.29) is 10.8 Å². The molecule has 0 amide bonds. The molecular weight excluding hydrogens is 593 g/mol. The highest BCUT2D eigenvalue weighted by Gasteiger charge is 2.53. The third-order valence-corrected chi connectivity index (χ3v) is 18.5. The van der Waals surface area contributed by atoms with Crippen LogP contribution in [0.25, 0.3) is 11.1 Å². The minimum Gasteiger partial charge on any atom is -0.0808 e. The Morgan fingerprint density at radius 1 is 0.583 bits per heavy atom. The fourth-order valence-electron chi connectivity index (χ4n) is 10.7. The Bertz CT molecular complexity index is 1390. The highest BCUT2D eigenvalue weighted by Crippen LogP contribution is 2.62. The third-order valence-electron chi connectivity index (χ3n) is 13.2. The molecule has 0 aromatic heterocycles. The van der Waals surface area contributed by atoms with Crippen molar-refractivity contribution in [3.05, 3.63) is 107 Å². The van der Waals surface area contributed by atoms with Gasteiger partial charge in [0.1, 0.15) is 0 Å². The predicted octanol–water partition coefficient (Wildman–Crippen LogP) is 13.4. The lowest BCUT2D eigenvalue weighted by Crippen LogP contribution is -2.36. The molecule has 258 valence electrons. The van der Waals surface area contributed by atoms with Crippen molar-refractivity contribution in [1.82, 2.24) is 0 Å². The van der Waals surface area contributed by atoms with Crippen molar-refractivity contribution in [1.29, 1.82) is 0 Å². The molecule has 2 fully saturated rings. The van der Waals surface area contributed by atoms with Crippen LogP contribution in [0.5, 0.6) is 0 Å². The van der Waals surface area contributed by atoms with Gasteiger partial charge in [0.25, 0.3) is 0 Å². The molecule has 0 bridgehead atoms. The van der Waals surface area contributed by atoms with Crippen LogP contribution in [0.15, 0.2) is 85.0 Å². The minimum atomic E-state index is -1.16. The number of hydrogen-bond donors (Lipinski definition) is 0. The lowest BCUT2D eigenvalue weighted by molar-refractivity contribution is 0.500. The van der Waals surface area contributed by atoms with Gasteiger partial charge in [-0.05, 0) is 104 Å². The predicted molar refractivity (Wildman–Crippen MR) is 214 cm³/mol. The van der Waals surface area contributed by atoms with Crippen LogP contribution in [-0.2, 0) is 10.8 Å². The molecule has 8 unspecified atom stereocenters. The van der Waals surface area contributed by atoms with E-state index in [9.17, 15) is 0 Å². The van der Waals surface area contributed by atoms with Gasteiger partial charge in [-0.3, -0.25) is 0 Å². The first-order chi connectivity index (χ1) is 22.9. The van der Waals surface area contributed by atoms with Crippen LogP contribution in [-0.4, -0.2) is 8.80 Å². The van der Waals surface area contributed by atoms with E-state index in [2.05, 4.69) is 147 Å². The first-order valence-electron chi connectivity index (χ1n) is 19.9. The van der Waals surface area contributed by atoms with Crippen molar-refractivity contribution >= 4 is 19.9 Å². The van der Waals surface area contributed by atoms with E-state index >= 15 is 0 Å². The van der Waals surface area contributed by atoms with Gasteiger partial charge in [0.05, 0.1) is 0 Å². The Hall–Kier alpha value is -2.38. The normalized spacial score (nSPS) is 30.5. The Morgan fingerprint density at radius 3 is 1.40 bits per heavy atom. The van der Waals surface area contributed by atoms with E-state index in [0.717, 1.165) is 22.9 Å². The van der Waals surface area contributed by atoms with Crippen LogP contribution in [0, 0.1) is 35.5 Å². The van der Waals surface area contributed by atoms with Gasteiger partial charge in [0.15, 0.2) is 0 Å². The Morgan fingerprint density at radius 2 is 1.00 bits per heavy atom. The summed E-state index contributed by atoms with van der Waals surface area (Å²) in [6.45, 7) is 21.6. The summed E-state index contributed by atoms with van der Waals surface area (Å²) in [6, 6.07) is 20.8. The van der Waals surface area contributed by atoms with Crippen LogP contribution in [0.1, 0.15) is 130 Å². The highest BCUT2D eigenvalue weighted by atomic mass is 28.3. The van der Waals surface area contributed by atoms with Gasteiger partial charge in [-0.2, -0.15) is 0 Å². The minimum absolute atomic E-state index is 0.194. The van der Waals surface area contributed by atoms with Crippen LogP contribution >= 0.6 is 0 Å². The van der Waals surface area contributed by atoms with Crippen molar-refractivity contribution in [2.24, 2.45) is 35.5 Å². The van der Waals surface area contributed by atoms with E-state index in [4.69, 9.17) is 0 Å². The molecule has 0 spiro atoms. The molecular formula is C47H66Si. The van der Waals surface area contributed by atoms with Gasteiger partial charge in [0, 0.05) is 8.80 Å². The summed E-state index contributed by atoms with van der Waals surface area (Å²) in [6.07, 6.45) is 25.0. The largest absolute Gasteiger partial charge is 0.0808 e. The molecule has 0 N–H and O–H groups in total. The lowest BCUT2D eigenvalue weighted by Gasteiger charge is -2.40. The summed E-state index contributed by atoms with van der Waals surface area (Å²) in [7, 11) is -1.16. The number of hydrogen-bond acceptors (Lipinski definition) is 0. The summed E-state index contributed by atoms with van der Waals surface area (Å²) in [4.78, 5) is 0. The second kappa shape index (κ2) is 14.5. The summed E-state index contributed by atoms with van der Waals surface area (Å²) in [5.74, 6) is 4.41. The SMILES string of the molecule is CCCCCCC[SiH](C1C(C)CC2C(c3ccc(C(C)(C)C)cc3)=CC=CC21)C1C(C)CC2C(c3ccc(C(C)(C)C)cc3)=CC=CC21. The van der Waals surface area contributed by atoms with Crippen LogP contribution < -0.4 is 0 Å². The average Bonchev–Trinajstić information content (AvgIpc) is 3.57. The van der Waals surface area contributed by atoms with E-state index in [1.54, 1.807) is 17.2 Å². The maximum Gasteiger partial charge on any atom is 0.0448 e. The standard InChI is InChI=1S/C47H66Si/c1-10-11-12-13-14-29-48(44-32(2)30-42-38(17-15-19-40(42)44)34-21-25-36(26-22-34)46(4,5)6)45-33(3)31-43-39(18-16-20-41(43)45)35-23-27-37(28-24-35)47(7,8)9/h15-28,32-33,40-45,48H,10-14,29-31H2,1-9H3. The third kappa shape index (κ3) is 7.24. The first-order valence-corrected chi connectivity index (χ1v) is 22.0. The molecule has 2 saturated carbocycles. The molecule has 6 rings (SSSR count). The number of unbranched alkanes of at least 4 members (excludes halogenated alkanes) is 4. The van der Waals surface area contributed by atoms with Gasteiger partial charge in [0.2, 0.25) is 0 Å². The molecule has 4 aliphatic rings. The second-order valence-corrected chi connectivity index (χ2v) is 21.9. The molecule has 0 saturated heterocycles. The van der Waals surface area contributed by atoms with Crippen molar-refractivity contribution < 1.29 is 0 Å². The second-order valence-electron chi connectivity index (χ2n) is 18.5. The quantitative estimate of drug-likeness (QED) is 0.176. The molecule has 1 heteroatoms. The average molecular weight is 659 g/mol. The maximum absolute atomic E-state index is 2.68. The molecule has 4 aliphatic carbocycles. The molecule has 0 radical (unpaired) electrons. The molecule has 2 aromatic carbocycles. The van der Waals surface area contributed by atoms with E-state index < -0.39 is 8.80 Å². The molecule has 8 atom stereocenters. The summed E-state index contributed by atoms with van der Waals surface area (Å²) in [5.41, 5.74) is 11.2. The molecule has 48 heavy (non-hydrogen) atoms.